The maximum atomic E-state index is 9.92. The summed E-state index contributed by atoms with van der Waals surface area (Å²) in [5.41, 5.74) is 3.27. The fourth-order valence-corrected chi connectivity index (χ4v) is 2.11. The highest BCUT2D eigenvalue weighted by Crippen LogP contribution is 2.28. The monoisotopic (exact) mass is 258 g/mol. The highest BCUT2D eigenvalue weighted by molar-refractivity contribution is 5.39. The van der Waals surface area contributed by atoms with E-state index in [2.05, 4.69) is 19.9 Å². The van der Waals surface area contributed by atoms with Gasteiger partial charge in [0.2, 0.25) is 11.4 Å². The first-order valence-electron chi connectivity index (χ1n) is 6.52. The van der Waals surface area contributed by atoms with Gasteiger partial charge in [-0.05, 0) is 25.0 Å². The van der Waals surface area contributed by atoms with Gasteiger partial charge in [-0.25, -0.2) is 0 Å². The number of benzene rings is 1. The molecule has 100 valence electrons. The Morgan fingerprint density at radius 3 is 2.58 bits per heavy atom. The third-order valence-electron chi connectivity index (χ3n) is 3.38. The van der Waals surface area contributed by atoms with Crippen LogP contribution in [0, 0.1) is 13.8 Å². The average Bonchev–Trinajstić information content (AvgIpc) is 2.40. The van der Waals surface area contributed by atoms with Gasteiger partial charge in [-0.1, -0.05) is 24.3 Å². The van der Waals surface area contributed by atoms with Crippen LogP contribution in [0.5, 0.6) is 11.5 Å². The quantitative estimate of drug-likeness (QED) is 0.855. The average molecular weight is 258 g/mol. The molecule has 1 aromatic carbocycles. The second kappa shape index (κ2) is 5.74. The van der Waals surface area contributed by atoms with E-state index in [1.807, 2.05) is 35.9 Å². The van der Waals surface area contributed by atoms with E-state index in [4.69, 9.17) is 4.74 Å². The Balaban J connectivity index is 2.22. The molecule has 0 saturated carbocycles. The smallest absolute Gasteiger partial charge is 0.229 e. The lowest BCUT2D eigenvalue weighted by molar-refractivity contribution is -0.699. The first kappa shape index (κ1) is 13.4. The molecule has 0 aliphatic rings. The van der Waals surface area contributed by atoms with Crippen molar-refractivity contribution in [2.45, 2.75) is 33.9 Å². The van der Waals surface area contributed by atoms with Crippen LogP contribution in [0.1, 0.15) is 23.7 Å². The van der Waals surface area contributed by atoms with Gasteiger partial charge in [-0.15, -0.1) is 0 Å². The predicted octanol–water partition coefficient (Wildman–Crippen LogP) is 2.90. The minimum Gasteiger partial charge on any atom is -0.504 e. The molecule has 0 amide bonds. The van der Waals surface area contributed by atoms with Gasteiger partial charge < -0.3 is 9.84 Å². The van der Waals surface area contributed by atoms with Crippen LogP contribution in [0.15, 0.2) is 36.5 Å². The lowest BCUT2D eigenvalue weighted by Crippen LogP contribution is -2.35. The van der Waals surface area contributed by atoms with Crippen LogP contribution < -0.4 is 9.30 Å². The van der Waals surface area contributed by atoms with E-state index in [-0.39, 0.29) is 5.75 Å². The van der Waals surface area contributed by atoms with E-state index in [0.717, 1.165) is 17.8 Å². The van der Waals surface area contributed by atoms with Crippen molar-refractivity contribution in [2.24, 2.45) is 0 Å². The zero-order chi connectivity index (χ0) is 13.8. The Kier molecular flexibility index (Phi) is 4.05. The molecule has 19 heavy (non-hydrogen) atoms. The van der Waals surface area contributed by atoms with E-state index in [0.29, 0.717) is 12.4 Å². The van der Waals surface area contributed by atoms with Crippen LogP contribution in [0.3, 0.4) is 0 Å². The third kappa shape index (κ3) is 2.87. The van der Waals surface area contributed by atoms with Crippen LogP contribution in [-0.2, 0) is 13.2 Å². The predicted molar refractivity (Wildman–Crippen MR) is 74.2 cm³/mol. The lowest BCUT2D eigenvalue weighted by Gasteiger charge is -2.11. The molecule has 0 saturated heterocycles. The molecule has 0 fully saturated rings. The summed E-state index contributed by atoms with van der Waals surface area (Å²) >= 11 is 0. The molecule has 1 aromatic heterocycles. The largest absolute Gasteiger partial charge is 0.504 e. The maximum absolute atomic E-state index is 9.92. The molecule has 3 heteroatoms. The summed E-state index contributed by atoms with van der Waals surface area (Å²) in [5.74, 6) is 0.753. The molecular formula is C16H20NO2+. The molecule has 1 heterocycles. The van der Waals surface area contributed by atoms with E-state index < -0.39 is 0 Å². The summed E-state index contributed by atoms with van der Waals surface area (Å²) in [6.07, 6.45) is 1.87. The SMILES string of the molecule is CC[n+]1ccc(O)c(OCc2ccccc2C)c1C. The number of aromatic nitrogens is 1. The summed E-state index contributed by atoms with van der Waals surface area (Å²) in [5, 5.41) is 9.92. The number of hydrogen-bond donors (Lipinski definition) is 1. The molecule has 0 bridgehead atoms. The molecule has 2 aromatic rings. The summed E-state index contributed by atoms with van der Waals surface area (Å²) in [7, 11) is 0. The van der Waals surface area contributed by atoms with Gasteiger partial charge in [-0.3, -0.25) is 0 Å². The zero-order valence-electron chi connectivity index (χ0n) is 11.7. The number of aromatic hydroxyl groups is 1. The van der Waals surface area contributed by atoms with E-state index in [1.54, 1.807) is 6.07 Å². The minimum absolute atomic E-state index is 0.191. The topological polar surface area (TPSA) is 33.3 Å². The molecule has 0 unspecified atom stereocenters. The van der Waals surface area contributed by atoms with Crippen molar-refractivity contribution in [1.29, 1.82) is 0 Å². The van der Waals surface area contributed by atoms with E-state index in [9.17, 15) is 5.11 Å². The molecule has 1 N–H and O–H groups in total. The van der Waals surface area contributed by atoms with Crippen molar-refractivity contribution in [1.82, 2.24) is 0 Å². The summed E-state index contributed by atoms with van der Waals surface area (Å²) in [4.78, 5) is 0. The highest BCUT2D eigenvalue weighted by atomic mass is 16.5. The van der Waals surface area contributed by atoms with Gasteiger partial charge in [0.15, 0.2) is 11.9 Å². The Hall–Kier alpha value is -2.03. The molecule has 0 aliphatic heterocycles. The second-order valence-corrected chi connectivity index (χ2v) is 4.62. The van der Waals surface area contributed by atoms with Crippen molar-refractivity contribution in [3.8, 4) is 11.5 Å². The summed E-state index contributed by atoms with van der Waals surface area (Å²) in [6, 6.07) is 9.77. The zero-order valence-corrected chi connectivity index (χ0v) is 11.7. The molecule has 0 aliphatic carbocycles. The van der Waals surface area contributed by atoms with Crippen molar-refractivity contribution in [3.05, 3.63) is 53.3 Å². The molecule has 3 nitrogen and oxygen atoms in total. The van der Waals surface area contributed by atoms with Crippen molar-refractivity contribution in [2.75, 3.05) is 0 Å². The first-order valence-corrected chi connectivity index (χ1v) is 6.52. The molecule has 0 atom stereocenters. The number of nitrogens with zero attached hydrogens (tertiary/aromatic N) is 1. The first-order chi connectivity index (χ1) is 9.13. The fraction of sp³-hybridized carbons (Fsp3) is 0.312. The third-order valence-corrected chi connectivity index (χ3v) is 3.38. The lowest BCUT2D eigenvalue weighted by atomic mass is 10.1. The highest BCUT2D eigenvalue weighted by Gasteiger charge is 2.16. The Labute approximate surface area is 114 Å². The van der Waals surface area contributed by atoms with E-state index >= 15 is 0 Å². The van der Waals surface area contributed by atoms with Crippen LogP contribution in [0.25, 0.3) is 0 Å². The normalized spacial score (nSPS) is 10.5. The number of pyridine rings is 1. The molecule has 2 rings (SSSR count). The molecule has 0 radical (unpaired) electrons. The second-order valence-electron chi connectivity index (χ2n) is 4.62. The maximum Gasteiger partial charge on any atom is 0.229 e. The molecular weight excluding hydrogens is 238 g/mol. The number of rotatable bonds is 4. The van der Waals surface area contributed by atoms with Crippen LogP contribution in [-0.4, -0.2) is 5.11 Å². The van der Waals surface area contributed by atoms with Gasteiger partial charge in [0.25, 0.3) is 0 Å². The summed E-state index contributed by atoms with van der Waals surface area (Å²) < 4.78 is 7.85. The Morgan fingerprint density at radius 2 is 1.89 bits per heavy atom. The number of hydrogen-bond acceptors (Lipinski definition) is 2. The Morgan fingerprint density at radius 1 is 1.16 bits per heavy atom. The van der Waals surface area contributed by atoms with Crippen molar-refractivity contribution < 1.29 is 14.4 Å². The van der Waals surface area contributed by atoms with Gasteiger partial charge in [0, 0.05) is 13.0 Å². The fourth-order valence-electron chi connectivity index (χ4n) is 2.11. The van der Waals surface area contributed by atoms with Crippen molar-refractivity contribution in [3.63, 3.8) is 0 Å². The van der Waals surface area contributed by atoms with Gasteiger partial charge in [-0.2, -0.15) is 4.57 Å². The van der Waals surface area contributed by atoms with Gasteiger partial charge in [0.05, 0.1) is 0 Å². The van der Waals surface area contributed by atoms with E-state index in [1.165, 1.54) is 5.56 Å². The molecule has 0 spiro atoms. The number of aryl methyl sites for hydroxylation is 2. The van der Waals surface area contributed by atoms with Gasteiger partial charge >= 0.3 is 0 Å². The standard InChI is InChI=1S/C16H19NO2/c1-4-17-10-9-15(18)16(13(17)3)19-11-14-8-6-5-7-12(14)2/h5-10H,4,11H2,1-3H3/p+1. The summed E-state index contributed by atoms with van der Waals surface area (Å²) in [6.45, 7) is 7.40. The number of ether oxygens (including phenoxy) is 1. The minimum atomic E-state index is 0.191. The van der Waals surface area contributed by atoms with Gasteiger partial charge in [0.1, 0.15) is 13.2 Å². The van der Waals surface area contributed by atoms with Crippen LogP contribution in [0.4, 0.5) is 0 Å². The van der Waals surface area contributed by atoms with Crippen molar-refractivity contribution >= 4 is 0 Å². The van der Waals surface area contributed by atoms with Crippen LogP contribution in [0.2, 0.25) is 0 Å². The van der Waals surface area contributed by atoms with Crippen LogP contribution >= 0.6 is 0 Å². The Bertz CT molecular complexity index is 579.